The zero-order valence-corrected chi connectivity index (χ0v) is 18.2. The molecule has 30 heavy (non-hydrogen) atoms. The second-order valence-electron chi connectivity index (χ2n) is 6.57. The van der Waals surface area contributed by atoms with Crippen molar-refractivity contribution in [2.75, 3.05) is 7.11 Å². The van der Waals surface area contributed by atoms with Crippen LogP contribution in [0.25, 0.3) is 10.7 Å². The number of benzene rings is 2. The third-order valence-electron chi connectivity index (χ3n) is 4.42. The summed E-state index contributed by atoms with van der Waals surface area (Å²) in [4.78, 5) is 0.983. The summed E-state index contributed by atoms with van der Waals surface area (Å²) in [6.07, 6.45) is 1.72. The number of aromatic amines is 1. The highest BCUT2D eigenvalue weighted by atomic mass is 32.1. The molecule has 2 aromatic heterocycles. The number of thiophene rings is 1. The van der Waals surface area contributed by atoms with Gasteiger partial charge in [0, 0.05) is 0 Å². The monoisotopic (exact) mass is 436 g/mol. The van der Waals surface area contributed by atoms with E-state index in [0.717, 1.165) is 16.0 Å². The van der Waals surface area contributed by atoms with E-state index in [2.05, 4.69) is 46.5 Å². The summed E-state index contributed by atoms with van der Waals surface area (Å²) >= 11 is 6.89. The smallest absolute Gasteiger partial charge is 0.216 e. The van der Waals surface area contributed by atoms with E-state index in [0.29, 0.717) is 28.7 Å². The lowest BCUT2D eigenvalue weighted by Gasteiger charge is -2.11. The van der Waals surface area contributed by atoms with Gasteiger partial charge in [0.05, 0.1) is 18.2 Å². The number of nitrogens with one attached hydrogen (secondary N) is 1. The third kappa shape index (κ3) is 4.50. The van der Waals surface area contributed by atoms with Crippen LogP contribution in [0.2, 0.25) is 0 Å². The number of rotatable bonds is 7. The van der Waals surface area contributed by atoms with Crippen LogP contribution in [0.3, 0.4) is 0 Å². The van der Waals surface area contributed by atoms with Crippen LogP contribution in [-0.2, 0) is 6.61 Å². The van der Waals surface area contributed by atoms with Crippen molar-refractivity contribution >= 4 is 29.8 Å². The van der Waals surface area contributed by atoms with Crippen LogP contribution >= 0.6 is 23.6 Å². The molecule has 0 aliphatic heterocycles. The highest BCUT2D eigenvalue weighted by Gasteiger charge is 2.09. The number of aryl methyl sites for hydroxylation is 1. The first-order valence-electron chi connectivity index (χ1n) is 9.26. The molecule has 0 radical (unpaired) electrons. The number of aromatic nitrogens is 3. The minimum absolute atomic E-state index is 0.430. The Hall–Kier alpha value is -3.23. The van der Waals surface area contributed by atoms with Crippen LogP contribution in [0.1, 0.15) is 16.7 Å². The largest absolute Gasteiger partial charge is 0.493 e. The van der Waals surface area contributed by atoms with Crippen molar-refractivity contribution in [2.45, 2.75) is 13.5 Å². The van der Waals surface area contributed by atoms with E-state index >= 15 is 0 Å². The van der Waals surface area contributed by atoms with Crippen molar-refractivity contribution in [1.29, 1.82) is 0 Å². The highest BCUT2D eigenvalue weighted by Crippen LogP contribution is 2.28. The van der Waals surface area contributed by atoms with Crippen LogP contribution in [0.5, 0.6) is 11.5 Å². The first kappa shape index (κ1) is 20.1. The van der Waals surface area contributed by atoms with Gasteiger partial charge in [0.2, 0.25) is 4.77 Å². The summed E-state index contributed by atoms with van der Waals surface area (Å²) in [5.74, 6) is 1.99. The summed E-state index contributed by atoms with van der Waals surface area (Å²) < 4.78 is 13.5. The topological polar surface area (TPSA) is 64.4 Å². The molecule has 0 bridgehead atoms. The number of hydrogen-bond acceptors (Lipinski definition) is 6. The van der Waals surface area contributed by atoms with Crippen molar-refractivity contribution in [3.8, 4) is 22.2 Å². The Balaban J connectivity index is 1.53. The summed E-state index contributed by atoms with van der Waals surface area (Å²) in [6, 6.07) is 17.9. The fourth-order valence-electron chi connectivity index (χ4n) is 2.82. The molecule has 0 aliphatic carbocycles. The van der Waals surface area contributed by atoms with E-state index in [1.54, 1.807) is 29.3 Å². The fraction of sp³-hybridized carbons (Fsp3) is 0.136. The Morgan fingerprint density at radius 2 is 2.00 bits per heavy atom. The SMILES string of the molecule is COc1cc(/C=N\n2c(-c3cccs3)n[nH]c2=S)ccc1OCc1ccc(C)cc1. The predicted octanol–water partition coefficient (Wildman–Crippen LogP) is 5.45. The average Bonchev–Trinajstić information content (AvgIpc) is 3.42. The molecule has 0 fully saturated rings. The lowest BCUT2D eigenvalue weighted by Crippen LogP contribution is -1.99. The molecular formula is C22H20N4O2S2. The lowest BCUT2D eigenvalue weighted by molar-refractivity contribution is 0.284. The third-order valence-corrected chi connectivity index (χ3v) is 5.55. The van der Waals surface area contributed by atoms with E-state index in [-0.39, 0.29) is 0 Å². The molecule has 6 nitrogen and oxygen atoms in total. The number of hydrogen-bond donors (Lipinski definition) is 1. The molecule has 2 heterocycles. The predicted molar refractivity (Wildman–Crippen MR) is 122 cm³/mol. The van der Waals surface area contributed by atoms with E-state index in [9.17, 15) is 0 Å². The standard InChI is InChI=1S/C22H20N4O2S2/c1-15-5-7-16(8-6-15)14-28-18-10-9-17(12-19(18)27-2)13-23-26-21(24-25-22(26)29)20-4-3-11-30-20/h3-13H,14H2,1-2H3,(H,25,29)/b23-13-. The zero-order valence-electron chi connectivity index (χ0n) is 16.5. The molecule has 4 rings (SSSR count). The summed E-state index contributed by atoms with van der Waals surface area (Å²) in [5, 5.41) is 13.6. The Kier molecular flexibility index (Phi) is 6.06. The Morgan fingerprint density at radius 3 is 2.73 bits per heavy atom. The molecule has 8 heteroatoms. The van der Waals surface area contributed by atoms with Gasteiger partial charge in [-0.1, -0.05) is 35.9 Å². The molecule has 1 N–H and O–H groups in total. The Morgan fingerprint density at radius 1 is 1.17 bits per heavy atom. The minimum atomic E-state index is 0.430. The maximum Gasteiger partial charge on any atom is 0.216 e. The van der Waals surface area contributed by atoms with Gasteiger partial charge < -0.3 is 9.47 Å². The number of H-pyrrole nitrogens is 1. The molecule has 0 saturated heterocycles. The van der Waals surface area contributed by atoms with Crippen LogP contribution in [0, 0.1) is 11.7 Å². The van der Waals surface area contributed by atoms with E-state index in [4.69, 9.17) is 21.7 Å². The number of ether oxygens (including phenoxy) is 2. The summed E-state index contributed by atoms with van der Waals surface area (Å²) in [5.41, 5.74) is 3.18. The van der Waals surface area contributed by atoms with Gasteiger partial charge in [-0.25, -0.2) is 5.10 Å². The molecule has 0 aliphatic rings. The fourth-order valence-corrected chi connectivity index (χ4v) is 3.70. The van der Waals surface area contributed by atoms with Gasteiger partial charge in [-0.3, -0.25) is 0 Å². The molecule has 0 saturated carbocycles. The van der Waals surface area contributed by atoms with Gasteiger partial charge in [0.25, 0.3) is 0 Å². The van der Waals surface area contributed by atoms with Gasteiger partial charge in [-0.15, -0.1) is 11.3 Å². The second kappa shape index (κ2) is 9.06. The molecule has 0 unspecified atom stereocenters. The van der Waals surface area contributed by atoms with Gasteiger partial charge in [0.1, 0.15) is 6.61 Å². The molecule has 4 aromatic rings. The Labute approximate surface area is 183 Å². The van der Waals surface area contributed by atoms with E-state index in [1.165, 1.54) is 5.56 Å². The molecule has 0 amide bonds. The summed E-state index contributed by atoms with van der Waals surface area (Å²) in [6.45, 7) is 2.53. The second-order valence-corrected chi connectivity index (χ2v) is 7.91. The maximum absolute atomic E-state index is 5.94. The first-order valence-corrected chi connectivity index (χ1v) is 10.5. The van der Waals surface area contributed by atoms with Crippen molar-refractivity contribution in [1.82, 2.24) is 14.9 Å². The molecule has 0 atom stereocenters. The average molecular weight is 437 g/mol. The zero-order chi connectivity index (χ0) is 20.9. The molecular weight excluding hydrogens is 416 g/mol. The number of nitrogens with zero attached hydrogens (tertiary/aromatic N) is 3. The molecule has 0 spiro atoms. The van der Waals surface area contributed by atoms with Gasteiger partial charge >= 0.3 is 0 Å². The van der Waals surface area contributed by atoms with Crippen LogP contribution in [0.15, 0.2) is 65.1 Å². The van der Waals surface area contributed by atoms with Crippen molar-refractivity contribution in [3.05, 3.63) is 81.4 Å². The van der Waals surface area contributed by atoms with Crippen molar-refractivity contribution in [3.63, 3.8) is 0 Å². The quantitative estimate of drug-likeness (QED) is 0.309. The molecule has 152 valence electrons. The maximum atomic E-state index is 5.94. The van der Waals surface area contributed by atoms with Crippen LogP contribution in [0.4, 0.5) is 0 Å². The lowest BCUT2D eigenvalue weighted by atomic mass is 10.2. The Bertz CT molecular complexity index is 1210. The van der Waals surface area contributed by atoms with Crippen molar-refractivity contribution in [2.24, 2.45) is 5.10 Å². The normalized spacial score (nSPS) is 11.1. The summed E-state index contributed by atoms with van der Waals surface area (Å²) in [7, 11) is 1.62. The van der Waals surface area contributed by atoms with Gasteiger partial charge in [-0.2, -0.15) is 14.9 Å². The van der Waals surface area contributed by atoms with Gasteiger partial charge in [0.15, 0.2) is 17.3 Å². The molecule has 2 aromatic carbocycles. The van der Waals surface area contributed by atoms with Gasteiger partial charge in [-0.05, 0) is 59.9 Å². The first-order chi connectivity index (χ1) is 14.6. The highest BCUT2D eigenvalue weighted by molar-refractivity contribution is 7.71. The van der Waals surface area contributed by atoms with Crippen LogP contribution < -0.4 is 9.47 Å². The van der Waals surface area contributed by atoms with Crippen LogP contribution in [-0.4, -0.2) is 28.2 Å². The number of methoxy groups -OCH3 is 1. The minimum Gasteiger partial charge on any atom is -0.493 e. The van der Waals surface area contributed by atoms with E-state index < -0.39 is 0 Å². The van der Waals surface area contributed by atoms with Crippen molar-refractivity contribution < 1.29 is 9.47 Å². The van der Waals surface area contributed by atoms with E-state index in [1.807, 2.05) is 35.7 Å².